The summed E-state index contributed by atoms with van der Waals surface area (Å²) >= 11 is 5.95. The molecule has 0 spiro atoms. The molecule has 0 amide bonds. The SMILES string of the molecule is Cc1ccnc2c1nc(CCCl)n2CCC1CCCCC1. The van der Waals surface area contributed by atoms with Crippen LogP contribution in [0.2, 0.25) is 0 Å². The van der Waals surface area contributed by atoms with Gasteiger partial charge in [-0.2, -0.15) is 0 Å². The van der Waals surface area contributed by atoms with Crippen LogP contribution in [0.3, 0.4) is 0 Å². The second kappa shape index (κ2) is 6.78. The molecule has 2 heterocycles. The smallest absolute Gasteiger partial charge is 0.160 e. The van der Waals surface area contributed by atoms with Crippen LogP contribution in [0.5, 0.6) is 0 Å². The molecule has 114 valence electrons. The maximum Gasteiger partial charge on any atom is 0.160 e. The van der Waals surface area contributed by atoms with Gasteiger partial charge in [-0.1, -0.05) is 32.1 Å². The molecule has 0 N–H and O–H groups in total. The highest BCUT2D eigenvalue weighted by Crippen LogP contribution is 2.28. The van der Waals surface area contributed by atoms with Gasteiger partial charge in [0.1, 0.15) is 11.3 Å². The maximum absolute atomic E-state index is 5.95. The molecular weight excluding hydrogens is 282 g/mol. The van der Waals surface area contributed by atoms with E-state index >= 15 is 0 Å². The summed E-state index contributed by atoms with van der Waals surface area (Å²) in [7, 11) is 0. The van der Waals surface area contributed by atoms with Crippen molar-refractivity contribution in [3.05, 3.63) is 23.7 Å². The first-order valence-corrected chi connectivity index (χ1v) is 8.69. The van der Waals surface area contributed by atoms with E-state index in [1.165, 1.54) is 44.1 Å². The largest absolute Gasteiger partial charge is 0.313 e. The van der Waals surface area contributed by atoms with Crippen LogP contribution in [0.15, 0.2) is 12.3 Å². The van der Waals surface area contributed by atoms with Gasteiger partial charge in [0, 0.05) is 25.0 Å². The third-order valence-electron chi connectivity index (χ3n) is 4.72. The van der Waals surface area contributed by atoms with Crippen LogP contribution in [-0.4, -0.2) is 20.4 Å². The van der Waals surface area contributed by atoms with Crippen molar-refractivity contribution < 1.29 is 0 Å². The van der Waals surface area contributed by atoms with Crippen molar-refractivity contribution in [3.63, 3.8) is 0 Å². The quantitative estimate of drug-likeness (QED) is 0.762. The van der Waals surface area contributed by atoms with Crippen molar-refractivity contribution in [2.45, 2.75) is 58.4 Å². The molecule has 0 aliphatic heterocycles. The third kappa shape index (κ3) is 3.23. The fourth-order valence-corrected chi connectivity index (χ4v) is 3.65. The minimum Gasteiger partial charge on any atom is -0.313 e. The second-order valence-electron chi connectivity index (χ2n) is 6.21. The average molecular weight is 306 g/mol. The minimum absolute atomic E-state index is 0.617. The Balaban J connectivity index is 1.84. The molecule has 4 heteroatoms. The van der Waals surface area contributed by atoms with E-state index in [2.05, 4.69) is 16.5 Å². The zero-order valence-electron chi connectivity index (χ0n) is 12.8. The molecule has 1 fully saturated rings. The average Bonchev–Trinajstić information content (AvgIpc) is 2.86. The van der Waals surface area contributed by atoms with Gasteiger partial charge < -0.3 is 4.57 Å². The predicted octanol–water partition coefficient (Wildman–Crippen LogP) is 4.49. The van der Waals surface area contributed by atoms with Gasteiger partial charge in [0.05, 0.1) is 0 Å². The van der Waals surface area contributed by atoms with Gasteiger partial charge in [-0.15, -0.1) is 11.6 Å². The lowest BCUT2D eigenvalue weighted by atomic mass is 9.87. The molecule has 21 heavy (non-hydrogen) atoms. The Hall–Kier alpha value is -1.09. The number of halogens is 1. The number of hydrogen-bond donors (Lipinski definition) is 0. The van der Waals surface area contributed by atoms with Crippen molar-refractivity contribution in [2.24, 2.45) is 5.92 Å². The Morgan fingerprint density at radius 3 is 2.86 bits per heavy atom. The number of hydrogen-bond acceptors (Lipinski definition) is 2. The summed E-state index contributed by atoms with van der Waals surface area (Å²) in [5.41, 5.74) is 3.28. The van der Waals surface area contributed by atoms with E-state index in [1.54, 1.807) is 0 Å². The monoisotopic (exact) mass is 305 g/mol. The number of pyridine rings is 1. The molecule has 2 aromatic rings. The van der Waals surface area contributed by atoms with Gasteiger partial charge in [0.25, 0.3) is 0 Å². The van der Waals surface area contributed by atoms with E-state index < -0.39 is 0 Å². The van der Waals surface area contributed by atoms with Gasteiger partial charge >= 0.3 is 0 Å². The lowest BCUT2D eigenvalue weighted by molar-refractivity contribution is 0.324. The Bertz CT molecular complexity index is 599. The molecule has 1 saturated carbocycles. The Labute approximate surface area is 131 Å². The van der Waals surface area contributed by atoms with Crippen LogP contribution in [0.4, 0.5) is 0 Å². The number of imidazole rings is 1. The summed E-state index contributed by atoms with van der Waals surface area (Å²) in [5.74, 6) is 2.59. The Kier molecular flexibility index (Phi) is 4.79. The summed E-state index contributed by atoms with van der Waals surface area (Å²) < 4.78 is 2.30. The third-order valence-corrected chi connectivity index (χ3v) is 4.91. The van der Waals surface area contributed by atoms with Crippen LogP contribution in [-0.2, 0) is 13.0 Å². The van der Waals surface area contributed by atoms with Gasteiger partial charge in [-0.05, 0) is 30.9 Å². The van der Waals surface area contributed by atoms with E-state index in [9.17, 15) is 0 Å². The normalized spacial score (nSPS) is 16.7. The van der Waals surface area contributed by atoms with Crippen molar-refractivity contribution in [1.82, 2.24) is 14.5 Å². The highest BCUT2D eigenvalue weighted by molar-refractivity contribution is 6.17. The van der Waals surface area contributed by atoms with Crippen LogP contribution in [0.1, 0.15) is 49.9 Å². The predicted molar refractivity (Wildman–Crippen MR) is 87.9 cm³/mol. The van der Waals surface area contributed by atoms with E-state index in [0.717, 1.165) is 35.9 Å². The first kappa shape index (κ1) is 14.8. The van der Waals surface area contributed by atoms with Crippen LogP contribution in [0.25, 0.3) is 11.2 Å². The van der Waals surface area contributed by atoms with Crippen molar-refractivity contribution in [2.75, 3.05) is 5.88 Å². The van der Waals surface area contributed by atoms with Crippen LogP contribution >= 0.6 is 11.6 Å². The lowest BCUT2D eigenvalue weighted by Gasteiger charge is -2.22. The first-order valence-electron chi connectivity index (χ1n) is 8.16. The van der Waals surface area contributed by atoms with Crippen molar-refractivity contribution >= 4 is 22.8 Å². The van der Waals surface area contributed by atoms with Crippen LogP contribution < -0.4 is 0 Å². The fraction of sp³-hybridized carbons (Fsp3) is 0.647. The Morgan fingerprint density at radius 1 is 1.29 bits per heavy atom. The zero-order chi connectivity index (χ0) is 14.7. The van der Waals surface area contributed by atoms with E-state index in [-0.39, 0.29) is 0 Å². The highest BCUT2D eigenvalue weighted by atomic mass is 35.5. The van der Waals surface area contributed by atoms with Gasteiger partial charge in [-0.25, -0.2) is 9.97 Å². The van der Waals surface area contributed by atoms with Crippen molar-refractivity contribution in [3.8, 4) is 0 Å². The Morgan fingerprint density at radius 2 is 2.10 bits per heavy atom. The molecule has 0 atom stereocenters. The molecule has 1 aliphatic carbocycles. The molecule has 2 aromatic heterocycles. The van der Waals surface area contributed by atoms with Gasteiger partial charge in [0.2, 0.25) is 0 Å². The van der Waals surface area contributed by atoms with Gasteiger partial charge in [0.15, 0.2) is 5.65 Å². The number of rotatable bonds is 5. The summed E-state index contributed by atoms with van der Waals surface area (Å²) in [6, 6.07) is 2.03. The van der Waals surface area contributed by atoms with Crippen molar-refractivity contribution in [1.29, 1.82) is 0 Å². The zero-order valence-corrected chi connectivity index (χ0v) is 13.6. The minimum atomic E-state index is 0.617. The molecule has 3 nitrogen and oxygen atoms in total. The molecular formula is C17H24ClN3. The molecule has 0 radical (unpaired) electrons. The number of aromatic nitrogens is 3. The maximum atomic E-state index is 5.95. The molecule has 0 unspecified atom stereocenters. The van der Waals surface area contributed by atoms with Crippen LogP contribution in [0, 0.1) is 12.8 Å². The van der Waals surface area contributed by atoms with E-state index in [1.807, 2.05) is 12.3 Å². The highest BCUT2D eigenvalue weighted by Gasteiger charge is 2.17. The number of fused-ring (bicyclic) bond motifs is 1. The molecule has 3 rings (SSSR count). The summed E-state index contributed by atoms with van der Waals surface area (Å²) in [6.45, 7) is 3.14. The fourth-order valence-electron chi connectivity index (χ4n) is 3.48. The summed E-state index contributed by atoms with van der Waals surface area (Å²) in [5, 5.41) is 0. The number of aryl methyl sites for hydroxylation is 3. The number of alkyl halides is 1. The topological polar surface area (TPSA) is 30.7 Å². The van der Waals surface area contributed by atoms with E-state index in [0.29, 0.717) is 5.88 Å². The first-order chi connectivity index (χ1) is 10.3. The summed E-state index contributed by atoms with van der Waals surface area (Å²) in [6.07, 6.45) is 11.0. The second-order valence-corrected chi connectivity index (χ2v) is 6.59. The van der Waals surface area contributed by atoms with E-state index in [4.69, 9.17) is 16.6 Å². The lowest BCUT2D eigenvalue weighted by Crippen LogP contribution is -2.12. The number of nitrogens with zero attached hydrogens (tertiary/aromatic N) is 3. The molecule has 1 aliphatic rings. The molecule has 0 bridgehead atoms. The standard InChI is InChI=1S/C17H24ClN3/c1-13-8-11-19-17-16(13)20-15(7-10-18)21(17)12-9-14-5-3-2-4-6-14/h8,11,14H,2-7,9-10,12H2,1H3. The molecule has 0 aromatic carbocycles. The summed E-state index contributed by atoms with van der Waals surface area (Å²) in [4.78, 5) is 9.35. The van der Waals surface area contributed by atoms with Gasteiger partial charge in [-0.3, -0.25) is 0 Å². The molecule has 0 saturated heterocycles.